The minimum Gasteiger partial charge on any atom is -0.438 e. The lowest BCUT2D eigenvalue weighted by atomic mass is 10.1. The van der Waals surface area contributed by atoms with E-state index in [1.54, 1.807) is 13.8 Å². The Balaban J connectivity index is 1.73. The van der Waals surface area contributed by atoms with Gasteiger partial charge in [0.2, 0.25) is 0 Å². The van der Waals surface area contributed by atoms with Gasteiger partial charge >= 0.3 is 0 Å². The zero-order chi connectivity index (χ0) is 18.2. The van der Waals surface area contributed by atoms with Crippen molar-refractivity contribution in [1.82, 2.24) is 4.98 Å². The van der Waals surface area contributed by atoms with Crippen molar-refractivity contribution in [2.24, 2.45) is 0 Å². The van der Waals surface area contributed by atoms with Crippen LogP contribution in [0.15, 0.2) is 10.7 Å². The molecule has 2 aliphatic heterocycles. The van der Waals surface area contributed by atoms with Gasteiger partial charge in [0.05, 0.1) is 0 Å². The number of oxazole rings is 1. The summed E-state index contributed by atoms with van der Waals surface area (Å²) in [6, 6.07) is 3.37. The van der Waals surface area contributed by atoms with Crippen LogP contribution in [0.1, 0.15) is 52.3 Å². The topological polar surface area (TPSA) is 74.0 Å². The van der Waals surface area contributed by atoms with Crippen molar-refractivity contribution in [3.63, 3.8) is 0 Å². The van der Waals surface area contributed by atoms with Crippen molar-refractivity contribution in [3.8, 4) is 11.5 Å². The van der Waals surface area contributed by atoms with E-state index < -0.39 is 38.5 Å². The lowest BCUT2D eigenvalue weighted by molar-refractivity contribution is -0.216. The van der Waals surface area contributed by atoms with Crippen molar-refractivity contribution in [2.75, 3.05) is 0 Å². The number of fused-ring (bicyclic) bond motifs is 1. The molecule has 25 heavy (non-hydrogen) atoms. The molecule has 0 amide bonds. The normalized spacial score (nSPS) is 30.8. The van der Waals surface area contributed by atoms with Crippen LogP contribution in [0, 0.1) is 11.5 Å². The molecule has 0 bridgehead atoms. The van der Waals surface area contributed by atoms with Gasteiger partial charge in [-0.05, 0) is 37.9 Å². The summed E-state index contributed by atoms with van der Waals surface area (Å²) in [4.78, 5) is 4.40. The molecule has 3 rings (SSSR count). The minimum atomic E-state index is -1.55. The molecular formula is C18H27NO5Si. The van der Waals surface area contributed by atoms with Gasteiger partial charge in [0.25, 0.3) is 5.89 Å². The molecule has 2 fully saturated rings. The number of rotatable bonds is 4. The van der Waals surface area contributed by atoms with Crippen LogP contribution in [-0.2, 0) is 14.2 Å². The lowest BCUT2D eigenvalue weighted by Gasteiger charge is -2.21. The van der Waals surface area contributed by atoms with Crippen LogP contribution in [0.25, 0.3) is 0 Å². The Kier molecular flexibility index (Phi) is 5.10. The fourth-order valence-electron chi connectivity index (χ4n) is 3.41. The van der Waals surface area contributed by atoms with E-state index in [9.17, 15) is 5.11 Å². The fourth-order valence-corrected chi connectivity index (χ4v) is 5.81. The Morgan fingerprint density at radius 1 is 1.20 bits per heavy atom. The first kappa shape index (κ1) is 18.6. The molecule has 3 heterocycles. The molecule has 1 aromatic heterocycles. The number of hydrogen-bond donors (Lipinski definition) is 1. The SMILES string of the molecule is CC[Si](C#Cc1nc([C@H]2O[C@@H]3OC(C)(C)O[C@@H]3[C@H]2O)co1)(CC)CC. The highest BCUT2D eigenvalue weighted by molar-refractivity contribution is 6.87. The van der Waals surface area contributed by atoms with Crippen LogP contribution in [-0.4, -0.2) is 42.4 Å². The summed E-state index contributed by atoms with van der Waals surface area (Å²) in [5, 5.41) is 10.5. The number of hydrogen-bond acceptors (Lipinski definition) is 6. The van der Waals surface area contributed by atoms with Crippen molar-refractivity contribution < 1.29 is 23.7 Å². The number of aliphatic hydroxyl groups excluding tert-OH is 1. The summed E-state index contributed by atoms with van der Waals surface area (Å²) in [7, 11) is -1.55. The second kappa shape index (κ2) is 6.86. The molecule has 138 valence electrons. The van der Waals surface area contributed by atoms with Gasteiger partial charge in [-0.15, -0.1) is 5.54 Å². The van der Waals surface area contributed by atoms with E-state index in [-0.39, 0.29) is 0 Å². The quantitative estimate of drug-likeness (QED) is 0.653. The third-order valence-electron chi connectivity index (χ3n) is 5.29. The van der Waals surface area contributed by atoms with E-state index in [2.05, 4.69) is 37.2 Å². The largest absolute Gasteiger partial charge is 0.438 e. The van der Waals surface area contributed by atoms with Crippen LogP contribution < -0.4 is 0 Å². The smallest absolute Gasteiger partial charge is 0.272 e. The van der Waals surface area contributed by atoms with Crippen LogP contribution >= 0.6 is 0 Å². The third kappa shape index (κ3) is 3.55. The zero-order valence-electron chi connectivity index (χ0n) is 15.5. The molecule has 6 nitrogen and oxygen atoms in total. The van der Waals surface area contributed by atoms with Crippen LogP contribution in [0.4, 0.5) is 0 Å². The molecule has 0 spiro atoms. The maximum absolute atomic E-state index is 10.5. The Morgan fingerprint density at radius 3 is 2.48 bits per heavy atom. The fraction of sp³-hybridized carbons (Fsp3) is 0.722. The molecule has 0 radical (unpaired) electrons. The average Bonchev–Trinajstić information content (AvgIpc) is 3.24. The molecule has 0 unspecified atom stereocenters. The van der Waals surface area contributed by atoms with Gasteiger partial charge in [0.1, 0.15) is 38.3 Å². The summed E-state index contributed by atoms with van der Waals surface area (Å²) < 4.78 is 22.6. The third-order valence-corrected chi connectivity index (χ3v) is 10.0. The van der Waals surface area contributed by atoms with Crippen LogP contribution in [0.3, 0.4) is 0 Å². The van der Waals surface area contributed by atoms with E-state index >= 15 is 0 Å². The Hall–Kier alpha value is -1.17. The first-order chi connectivity index (χ1) is 11.8. The summed E-state index contributed by atoms with van der Waals surface area (Å²) in [6.45, 7) is 10.2. The highest BCUT2D eigenvalue weighted by Gasteiger charge is 2.55. The van der Waals surface area contributed by atoms with Crippen molar-refractivity contribution in [2.45, 2.75) is 83.1 Å². The molecule has 0 aromatic carbocycles. The second-order valence-electron chi connectivity index (χ2n) is 7.18. The predicted octanol–water partition coefficient (Wildman–Crippen LogP) is 2.98. The van der Waals surface area contributed by atoms with E-state index in [1.165, 1.54) is 6.26 Å². The van der Waals surface area contributed by atoms with Gasteiger partial charge in [-0.1, -0.05) is 20.8 Å². The first-order valence-corrected chi connectivity index (χ1v) is 11.6. The molecule has 2 aliphatic rings. The highest BCUT2D eigenvalue weighted by Crippen LogP contribution is 2.42. The molecule has 4 atom stereocenters. The second-order valence-corrected chi connectivity index (χ2v) is 12.1. The lowest BCUT2D eigenvalue weighted by Crippen LogP contribution is -2.31. The van der Waals surface area contributed by atoms with Crippen molar-refractivity contribution >= 4 is 8.07 Å². The van der Waals surface area contributed by atoms with Gasteiger partial charge < -0.3 is 23.7 Å². The van der Waals surface area contributed by atoms with Gasteiger partial charge in [-0.25, -0.2) is 4.98 Å². The maximum Gasteiger partial charge on any atom is 0.272 e. The molecular weight excluding hydrogens is 338 g/mol. The van der Waals surface area contributed by atoms with E-state index in [0.29, 0.717) is 11.6 Å². The van der Waals surface area contributed by atoms with Gasteiger partial charge in [-0.3, -0.25) is 0 Å². The number of nitrogens with zero attached hydrogens (tertiary/aromatic N) is 1. The van der Waals surface area contributed by atoms with Gasteiger partial charge in [-0.2, -0.15) is 0 Å². The zero-order valence-corrected chi connectivity index (χ0v) is 16.5. The summed E-state index contributed by atoms with van der Waals surface area (Å²) in [5.74, 6) is 2.71. The Bertz CT molecular complexity index is 664. The predicted molar refractivity (Wildman–Crippen MR) is 94.2 cm³/mol. The van der Waals surface area contributed by atoms with Crippen LogP contribution in [0.2, 0.25) is 18.1 Å². The first-order valence-electron chi connectivity index (χ1n) is 9.01. The minimum absolute atomic E-state index is 0.372. The molecule has 2 saturated heterocycles. The number of ether oxygens (including phenoxy) is 3. The highest BCUT2D eigenvalue weighted by atomic mass is 28.3. The molecule has 0 aliphatic carbocycles. The van der Waals surface area contributed by atoms with Crippen molar-refractivity contribution in [3.05, 3.63) is 17.8 Å². The van der Waals surface area contributed by atoms with Gasteiger partial charge in [0.15, 0.2) is 12.1 Å². The van der Waals surface area contributed by atoms with E-state index in [1.807, 2.05) is 0 Å². The maximum atomic E-state index is 10.5. The monoisotopic (exact) mass is 365 g/mol. The molecule has 1 N–H and O–H groups in total. The van der Waals surface area contributed by atoms with E-state index in [0.717, 1.165) is 18.1 Å². The summed E-state index contributed by atoms with van der Waals surface area (Å²) in [5.41, 5.74) is 3.97. The Morgan fingerprint density at radius 2 is 1.88 bits per heavy atom. The van der Waals surface area contributed by atoms with Crippen LogP contribution in [0.5, 0.6) is 0 Å². The standard InChI is InChI=1S/C18H27NO5Si/c1-6-25(7-2,8-3)10-9-13-19-12(11-21-13)15-14(20)16-17(22-15)24-18(4,5)23-16/h11,14-17,20H,6-8H2,1-5H3/t14-,15+,16+,17+/m0/s1. The Labute approximate surface area is 149 Å². The van der Waals surface area contributed by atoms with E-state index in [4.69, 9.17) is 18.6 Å². The summed E-state index contributed by atoms with van der Waals surface area (Å²) >= 11 is 0. The summed E-state index contributed by atoms with van der Waals surface area (Å²) in [6.07, 6.45) is -1.10. The molecule has 1 aromatic rings. The molecule has 0 saturated carbocycles. The number of aliphatic hydroxyl groups is 1. The van der Waals surface area contributed by atoms with Gasteiger partial charge in [0, 0.05) is 0 Å². The molecule has 7 heteroatoms. The average molecular weight is 366 g/mol. The van der Waals surface area contributed by atoms with Crippen molar-refractivity contribution in [1.29, 1.82) is 0 Å². The number of aromatic nitrogens is 1.